The SMILES string of the molecule is COc1cc(C(=O)NC[C@H](c2ccco2)N2CCCC2)ccc1OCc1ccccc1. The Hall–Kier alpha value is -3.25. The molecule has 3 aromatic rings. The van der Waals surface area contributed by atoms with E-state index in [1.807, 2.05) is 42.5 Å². The van der Waals surface area contributed by atoms with Crippen molar-refractivity contribution >= 4 is 5.91 Å². The van der Waals surface area contributed by atoms with Gasteiger partial charge in [0, 0.05) is 12.1 Å². The van der Waals surface area contributed by atoms with E-state index in [-0.39, 0.29) is 11.9 Å². The van der Waals surface area contributed by atoms with Crippen LogP contribution in [0, 0.1) is 0 Å². The molecule has 1 atom stereocenters. The maximum atomic E-state index is 12.8. The van der Waals surface area contributed by atoms with Crippen LogP contribution in [0.15, 0.2) is 71.3 Å². The minimum absolute atomic E-state index is 0.0387. The van der Waals surface area contributed by atoms with Crippen LogP contribution in [0.2, 0.25) is 0 Å². The van der Waals surface area contributed by atoms with E-state index in [0.29, 0.717) is 30.2 Å². The van der Waals surface area contributed by atoms with E-state index in [2.05, 4.69) is 10.2 Å². The van der Waals surface area contributed by atoms with Crippen molar-refractivity contribution in [3.05, 3.63) is 83.8 Å². The summed E-state index contributed by atoms with van der Waals surface area (Å²) < 4.78 is 17.0. The second kappa shape index (κ2) is 10.2. The largest absolute Gasteiger partial charge is 0.493 e. The summed E-state index contributed by atoms with van der Waals surface area (Å²) in [4.78, 5) is 15.2. The molecule has 162 valence electrons. The molecule has 31 heavy (non-hydrogen) atoms. The molecule has 1 N–H and O–H groups in total. The summed E-state index contributed by atoms with van der Waals surface area (Å²) in [5, 5.41) is 3.06. The van der Waals surface area contributed by atoms with Crippen molar-refractivity contribution in [2.75, 3.05) is 26.7 Å². The number of carbonyl (C=O) groups excluding carboxylic acids is 1. The highest BCUT2D eigenvalue weighted by atomic mass is 16.5. The van der Waals surface area contributed by atoms with Crippen LogP contribution in [0.3, 0.4) is 0 Å². The molecule has 0 bridgehead atoms. The van der Waals surface area contributed by atoms with Gasteiger partial charge in [0.05, 0.1) is 19.4 Å². The molecule has 0 aliphatic carbocycles. The Morgan fingerprint density at radius 2 is 1.87 bits per heavy atom. The highest BCUT2D eigenvalue weighted by Gasteiger charge is 2.26. The maximum absolute atomic E-state index is 12.8. The molecular weight excluding hydrogens is 392 g/mol. The molecule has 0 unspecified atom stereocenters. The number of benzene rings is 2. The highest BCUT2D eigenvalue weighted by Crippen LogP contribution is 2.29. The predicted octanol–water partition coefficient (Wildman–Crippen LogP) is 4.43. The molecule has 6 heteroatoms. The molecular formula is C25H28N2O4. The molecule has 1 fully saturated rings. The number of furan rings is 1. The molecule has 0 saturated carbocycles. The van der Waals surface area contributed by atoms with Crippen LogP contribution in [0.4, 0.5) is 0 Å². The van der Waals surface area contributed by atoms with Gasteiger partial charge in [0.15, 0.2) is 11.5 Å². The van der Waals surface area contributed by atoms with Gasteiger partial charge in [-0.05, 0) is 61.8 Å². The lowest BCUT2D eigenvalue weighted by Crippen LogP contribution is -2.36. The van der Waals surface area contributed by atoms with Crippen LogP contribution >= 0.6 is 0 Å². The smallest absolute Gasteiger partial charge is 0.251 e. The third-order valence-corrected chi connectivity index (χ3v) is 5.57. The molecule has 2 heterocycles. The van der Waals surface area contributed by atoms with Crippen molar-refractivity contribution in [2.24, 2.45) is 0 Å². The summed E-state index contributed by atoms with van der Waals surface area (Å²) in [5.74, 6) is 1.87. The minimum atomic E-state index is -0.149. The molecule has 4 rings (SSSR count). The monoisotopic (exact) mass is 420 g/mol. The number of nitrogens with one attached hydrogen (secondary N) is 1. The molecule has 1 amide bonds. The van der Waals surface area contributed by atoms with Crippen molar-refractivity contribution in [3.8, 4) is 11.5 Å². The normalized spacial score (nSPS) is 14.9. The number of hydrogen-bond acceptors (Lipinski definition) is 5. The number of carbonyl (C=O) groups is 1. The van der Waals surface area contributed by atoms with Crippen LogP contribution < -0.4 is 14.8 Å². The van der Waals surface area contributed by atoms with Crippen LogP contribution in [-0.2, 0) is 6.61 Å². The van der Waals surface area contributed by atoms with Crippen molar-refractivity contribution in [2.45, 2.75) is 25.5 Å². The third kappa shape index (κ3) is 5.27. The Morgan fingerprint density at radius 1 is 1.06 bits per heavy atom. The Labute approximate surface area is 182 Å². The fourth-order valence-electron chi connectivity index (χ4n) is 3.90. The van der Waals surface area contributed by atoms with Gasteiger partial charge in [-0.2, -0.15) is 0 Å². The molecule has 6 nitrogen and oxygen atoms in total. The van der Waals surface area contributed by atoms with E-state index in [1.165, 1.54) is 12.8 Å². The molecule has 2 aromatic carbocycles. The van der Waals surface area contributed by atoms with Crippen LogP contribution in [0.1, 0.15) is 40.6 Å². The number of methoxy groups -OCH3 is 1. The summed E-state index contributed by atoms with van der Waals surface area (Å²) >= 11 is 0. The second-order valence-corrected chi connectivity index (χ2v) is 7.62. The first kappa shape index (κ1) is 21.0. The Morgan fingerprint density at radius 3 is 2.58 bits per heavy atom. The van der Waals surface area contributed by atoms with Crippen LogP contribution in [-0.4, -0.2) is 37.6 Å². The molecule has 1 aliphatic rings. The van der Waals surface area contributed by atoms with Gasteiger partial charge in [-0.25, -0.2) is 0 Å². The minimum Gasteiger partial charge on any atom is -0.493 e. The molecule has 0 radical (unpaired) electrons. The van der Waals surface area contributed by atoms with Gasteiger partial charge in [-0.3, -0.25) is 9.69 Å². The topological polar surface area (TPSA) is 63.9 Å². The van der Waals surface area contributed by atoms with Gasteiger partial charge >= 0.3 is 0 Å². The van der Waals surface area contributed by atoms with Gasteiger partial charge in [-0.1, -0.05) is 30.3 Å². The molecule has 1 saturated heterocycles. The lowest BCUT2D eigenvalue weighted by molar-refractivity contribution is 0.0933. The summed E-state index contributed by atoms with van der Waals surface area (Å²) in [5.41, 5.74) is 1.60. The van der Waals surface area contributed by atoms with Crippen molar-refractivity contribution < 1.29 is 18.7 Å². The van der Waals surface area contributed by atoms with E-state index in [9.17, 15) is 4.79 Å². The van der Waals surface area contributed by atoms with E-state index in [4.69, 9.17) is 13.9 Å². The second-order valence-electron chi connectivity index (χ2n) is 7.62. The van der Waals surface area contributed by atoms with Crippen molar-refractivity contribution in [3.63, 3.8) is 0 Å². The summed E-state index contributed by atoms with van der Waals surface area (Å²) in [6.45, 7) is 2.95. The lowest BCUT2D eigenvalue weighted by Gasteiger charge is -2.26. The van der Waals surface area contributed by atoms with E-state index in [1.54, 1.807) is 31.6 Å². The van der Waals surface area contributed by atoms with Gasteiger partial charge in [0.1, 0.15) is 12.4 Å². The Balaban J connectivity index is 1.40. The fourth-order valence-corrected chi connectivity index (χ4v) is 3.90. The third-order valence-electron chi connectivity index (χ3n) is 5.57. The zero-order valence-corrected chi connectivity index (χ0v) is 17.8. The molecule has 1 aliphatic heterocycles. The Bertz CT molecular complexity index is 966. The first-order valence-electron chi connectivity index (χ1n) is 10.6. The number of nitrogens with zero attached hydrogens (tertiary/aromatic N) is 1. The highest BCUT2D eigenvalue weighted by molar-refractivity contribution is 5.94. The average molecular weight is 421 g/mol. The molecule has 1 aromatic heterocycles. The van der Waals surface area contributed by atoms with Crippen LogP contribution in [0.5, 0.6) is 11.5 Å². The number of rotatable bonds is 9. The van der Waals surface area contributed by atoms with Gasteiger partial charge in [-0.15, -0.1) is 0 Å². The van der Waals surface area contributed by atoms with Gasteiger partial charge < -0.3 is 19.2 Å². The average Bonchev–Trinajstić information content (AvgIpc) is 3.53. The van der Waals surface area contributed by atoms with Gasteiger partial charge in [0.2, 0.25) is 0 Å². The van der Waals surface area contributed by atoms with Crippen molar-refractivity contribution in [1.82, 2.24) is 10.2 Å². The molecule has 0 spiro atoms. The van der Waals surface area contributed by atoms with Crippen LogP contribution in [0.25, 0.3) is 0 Å². The summed E-state index contributed by atoms with van der Waals surface area (Å²) in [7, 11) is 1.58. The number of hydrogen-bond donors (Lipinski definition) is 1. The lowest BCUT2D eigenvalue weighted by atomic mass is 10.1. The maximum Gasteiger partial charge on any atom is 0.251 e. The van der Waals surface area contributed by atoms with E-state index < -0.39 is 0 Å². The van der Waals surface area contributed by atoms with Crippen molar-refractivity contribution in [1.29, 1.82) is 0 Å². The first-order valence-corrected chi connectivity index (χ1v) is 10.6. The number of likely N-dealkylation sites (tertiary alicyclic amines) is 1. The van der Waals surface area contributed by atoms with Gasteiger partial charge in [0.25, 0.3) is 5.91 Å². The first-order chi connectivity index (χ1) is 15.2. The van der Waals surface area contributed by atoms with E-state index in [0.717, 1.165) is 24.4 Å². The quantitative estimate of drug-likeness (QED) is 0.555. The number of ether oxygens (including phenoxy) is 2. The standard InChI is InChI=1S/C25H28N2O4/c1-29-24-16-20(11-12-23(24)31-18-19-8-3-2-4-9-19)25(28)26-17-21(22-10-7-15-30-22)27-13-5-6-14-27/h2-4,7-12,15-16,21H,5-6,13-14,17-18H2,1H3,(H,26,28)/t21-/m1/s1. The number of amides is 1. The van der Waals surface area contributed by atoms with E-state index >= 15 is 0 Å². The predicted molar refractivity (Wildman–Crippen MR) is 118 cm³/mol. The Kier molecular flexibility index (Phi) is 6.89. The fraction of sp³-hybridized carbons (Fsp3) is 0.320. The summed E-state index contributed by atoms with van der Waals surface area (Å²) in [6, 6.07) is 19.1. The summed E-state index contributed by atoms with van der Waals surface area (Å²) in [6.07, 6.45) is 4.03. The zero-order valence-electron chi connectivity index (χ0n) is 17.8. The zero-order chi connectivity index (χ0) is 21.5.